The van der Waals surface area contributed by atoms with Crippen LogP contribution in [0.15, 0.2) is 18.2 Å². The van der Waals surface area contributed by atoms with Gasteiger partial charge in [-0.25, -0.2) is 0 Å². The van der Waals surface area contributed by atoms with Gasteiger partial charge in [0.15, 0.2) is 0 Å². The lowest BCUT2D eigenvalue weighted by atomic mass is 9.63. The Balaban J connectivity index is 2.11. The van der Waals surface area contributed by atoms with Crippen molar-refractivity contribution in [3.63, 3.8) is 0 Å². The van der Waals surface area contributed by atoms with Crippen molar-refractivity contribution in [2.75, 3.05) is 7.05 Å². The maximum Gasteiger partial charge on any atom is 0.115 e. The second-order valence-corrected chi connectivity index (χ2v) is 6.18. The molecule has 2 aliphatic rings. The van der Waals surface area contributed by atoms with Gasteiger partial charge in [0.1, 0.15) is 5.75 Å². The van der Waals surface area contributed by atoms with Gasteiger partial charge in [0.05, 0.1) is 0 Å². The number of hydrogen-bond donors (Lipinski definition) is 1. The molecule has 2 bridgehead atoms. The van der Waals surface area contributed by atoms with E-state index < -0.39 is 0 Å². The normalized spacial score (nSPS) is 36.6. The SMILES string of the molecule is CC1CC2(C)CC(Cc3ccc(O)cc32)N1C. The maximum absolute atomic E-state index is 9.71. The van der Waals surface area contributed by atoms with Crippen LogP contribution in [0.3, 0.4) is 0 Å². The fourth-order valence-corrected chi connectivity index (χ4v) is 3.90. The third-order valence-corrected chi connectivity index (χ3v) is 4.90. The molecule has 1 aliphatic heterocycles. The first-order chi connectivity index (χ1) is 7.99. The van der Waals surface area contributed by atoms with Crippen LogP contribution in [-0.2, 0) is 11.8 Å². The minimum absolute atomic E-state index is 0.253. The van der Waals surface area contributed by atoms with Crippen molar-refractivity contribution in [1.29, 1.82) is 0 Å². The first kappa shape index (κ1) is 11.1. The van der Waals surface area contributed by atoms with E-state index in [1.807, 2.05) is 12.1 Å². The smallest absolute Gasteiger partial charge is 0.115 e. The van der Waals surface area contributed by atoms with Crippen LogP contribution in [0, 0.1) is 0 Å². The number of aromatic hydroxyl groups is 1. The van der Waals surface area contributed by atoms with Crippen LogP contribution in [0.2, 0.25) is 0 Å². The molecule has 1 aromatic rings. The molecule has 2 heteroatoms. The highest BCUT2D eigenvalue weighted by molar-refractivity contribution is 5.43. The molecular weight excluding hydrogens is 210 g/mol. The van der Waals surface area contributed by atoms with Gasteiger partial charge in [0, 0.05) is 12.1 Å². The first-order valence-electron chi connectivity index (χ1n) is 6.54. The third-order valence-electron chi connectivity index (χ3n) is 4.90. The highest BCUT2D eigenvalue weighted by Gasteiger charge is 2.44. The number of phenols is 1. The molecule has 0 amide bonds. The number of fused-ring (bicyclic) bond motifs is 4. The Morgan fingerprint density at radius 1 is 1.35 bits per heavy atom. The Labute approximate surface area is 103 Å². The van der Waals surface area contributed by atoms with E-state index in [0.29, 0.717) is 17.8 Å². The zero-order valence-electron chi connectivity index (χ0n) is 10.9. The Morgan fingerprint density at radius 3 is 2.88 bits per heavy atom. The topological polar surface area (TPSA) is 23.5 Å². The standard InChI is InChI=1S/C15H21NO/c1-10-8-15(2)9-12(16(10)3)6-11-4-5-13(17)7-14(11)15/h4-5,7,10,12,17H,6,8-9H2,1-3H3. The summed E-state index contributed by atoms with van der Waals surface area (Å²) in [7, 11) is 2.25. The molecule has 1 heterocycles. The van der Waals surface area contributed by atoms with Crippen LogP contribution in [0.5, 0.6) is 5.75 Å². The molecule has 0 spiro atoms. The lowest BCUT2D eigenvalue weighted by molar-refractivity contribution is 0.0641. The average Bonchev–Trinajstić information content (AvgIpc) is 2.27. The summed E-state index contributed by atoms with van der Waals surface area (Å²) in [5.74, 6) is 0.412. The highest BCUT2D eigenvalue weighted by atomic mass is 16.3. The van der Waals surface area contributed by atoms with Gasteiger partial charge < -0.3 is 10.0 Å². The van der Waals surface area contributed by atoms with E-state index in [2.05, 4.69) is 31.9 Å². The molecule has 1 aromatic carbocycles. The maximum atomic E-state index is 9.71. The molecule has 0 saturated carbocycles. The van der Waals surface area contributed by atoms with Crippen LogP contribution in [0.1, 0.15) is 37.8 Å². The van der Waals surface area contributed by atoms with Crippen LogP contribution in [0.4, 0.5) is 0 Å². The van der Waals surface area contributed by atoms with E-state index in [0.717, 1.165) is 6.42 Å². The molecule has 0 radical (unpaired) electrons. The van der Waals surface area contributed by atoms with Gasteiger partial charge in [-0.05, 0) is 61.9 Å². The molecule has 1 aliphatic carbocycles. The first-order valence-corrected chi connectivity index (χ1v) is 6.54. The second-order valence-electron chi connectivity index (χ2n) is 6.18. The lowest BCUT2D eigenvalue weighted by Crippen LogP contribution is -2.54. The summed E-state index contributed by atoms with van der Waals surface area (Å²) in [6, 6.07) is 7.23. The third kappa shape index (κ3) is 1.58. The number of likely N-dealkylation sites (N-methyl/N-ethyl adjacent to an activating group) is 1. The number of piperidine rings is 1. The van der Waals surface area contributed by atoms with Gasteiger partial charge in [-0.3, -0.25) is 0 Å². The van der Waals surface area contributed by atoms with Crippen molar-refractivity contribution >= 4 is 0 Å². The Bertz CT molecular complexity index is 456. The predicted molar refractivity (Wildman–Crippen MR) is 69.4 cm³/mol. The highest BCUT2D eigenvalue weighted by Crippen LogP contribution is 2.46. The van der Waals surface area contributed by atoms with E-state index in [9.17, 15) is 5.11 Å². The van der Waals surface area contributed by atoms with E-state index in [-0.39, 0.29) is 5.41 Å². The average molecular weight is 231 g/mol. The molecule has 3 rings (SSSR count). The van der Waals surface area contributed by atoms with Crippen molar-refractivity contribution in [1.82, 2.24) is 4.90 Å². The van der Waals surface area contributed by atoms with Gasteiger partial charge in [-0.15, -0.1) is 0 Å². The Morgan fingerprint density at radius 2 is 2.12 bits per heavy atom. The summed E-state index contributed by atoms with van der Waals surface area (Å²) in [6.07, 6.45) is 3.55. The number of benzene rings is 1. The molecule has 92 valence electrons. The summed E-state index contributed by atoms with van der Waals surface area (Å²) in [5.41, 5.74) is 3.07. The molecular formula is C15H21NO. The van der Waals surface area contributed by atoms with Crippen LogP contribution in [0.25, 0.3) is 0 Å². The van der Waals surface area contributed by atoms with Crippen LogP contribution in [-0.4, -0.2) is 29.1 Å². The van der Waals surface area contributed by atoms with Gasteiger partial charge in [0.2, 0.25) is 0 Å². The van der Waals surface area contributed by atoms with Gasteiger partial charge in [0.25, 0.3) is 0 Å². The number of hydrogen-bond acceptors (Lipinski definition) is 2. The molecule has 3 unspecified atom stereocenters. The summed E-state index contributed by atoms with van der Waals surface area (Å²) >= 11 is 0. The van der Waals surface area contributed by atoms with Crippen molar-refractivity contribution < 1.29 is 5.11 Å². The van der Waals surface area contributed by atoms with Crippen LogP contribution < -0.4 is 0 Å². The van der Waals surface area contributed by atoms with E-state index in [1.54, 1.807) is 0 Å². The fourth-order valence-electron chi connectivity index (χ4n) is 3.90. The molecule has 3 atom stereocenters. The second kappa shape index (κ2) is 3.49. The largest absolute Gasteiger partial charge is 0.508 e. The van der Waals surface area contributed by atoms with Gasteiger partial charge in [-0.1, -0.05) is 13.0 Å². The quantitative estimate of drug-likeness (QED) is 0.742. The Kier molecular flexibility index (Phi) is 2.27. The summed E-state index contributed by atoms with van der Waals surface area (Å²) in [4.78, 5) is 2.53. The van der Waals surface area contributed by atoms with Crippen LogP contribution >= 0.6 is 0 Å². The molecule has 1 fully saturated rings. The van der Waals surface area contributed by atoms with Crippen molar-refractivity contribution in [2.24, 2.45) is 0 Å². The minimum Gasteiger partial charge on any atom is -0.508 e. The Hall–Kier alpha value is -1.02. The fraction of sp³-hybridized carbons (Fsp3) is 0.600. The number of likely N-dealkylation sites (tertiary alicyclic amines) is 1. The number of rotatable bonds is 0. The van der Waals surface area contributed by atoms with Crippen molar-refractivity contribution in [3.05, 3.63) is 29.3 Å². The van der Waals surface area contributed by atoms with Crippen molar-refractivity contribution in [2.45, 2.75) is 50.6 Å². The van der Waals surface area contributed by atoms with Gasteiger partial charge >= 0.3 is 0 Å². The zero-order valence-corrected chi connectivity index (χ0v) is 10.9. The molecule has 17 heavy (non-hydrogen) atoms. The number of phenolic OH excluding ortho intramolecular Hbond substituents is 1. The van der Waals surface area contributed by atoms with Gasteiger partial charge in [-0.2, -0.15) is 0 Å². The monoisotopic (exact) mass is 231 g/mol. The lowest BCUT2D eigenvalue weighted by Gasteiger charge is -2.52. The van der Waals surface area contributed by atoms with E-state index in [4.69, 9.17) is 0 Å². The summed E-state index contributed by atoms with van der Waals surface area (Å²) in [5, 5.41) is 9.71. The van der Waals surface area contributed by atoms with E-state index >= 15 is 0 Å². The predicted octanol–water partition coefficient (Wildman–Crippen LogP) is 2.69. The van der Waals surface area contributed by atoms with E-state index in [1.165, 1.54) is 24.0 Å². The summed E-state index contributed by atoms with van der Waals surface area (Å²) in [6.45, 7) is 4.68. The van der Waals surface area contributed by atoms with Crippen molar-refractivity contribution in [3.8, 4) is 5.75 Å². The molecule has 1 N–H and O–H groups in total. The zero-order chi connectivity index (χ0) is 12.2. The molecule has 0 aromatic heterocycles. The number of nitrogens with zero attached hydrogens (tertiary/aromatic N) is 1. The summed E-state index contributed by atoms with van der Waals surface area (Å²) < 4.78 is 0. The molecule has 1 saturated heterocycles. The molecule has 2 nitrogen and oxygen atoms in total. The minimum atomic E-state index is 0.253.